The molecule has 2 atom stereocenters. The van der Waals surface area contributed by atoms with E-state index in [-0.39, 0.29) is 12.1 Å². The predicted molar refractivity (Wildman–Crippen MR) is 63.6 cm³/mol. The highest BCUT2D eigenvalue weighted by Crippen LogP contribution is 2.31. The quantitative estimate of drug-likeness (QED) is 0.722. The summed E-state index contributed by atoms with van der Waals surface area (Å²) in [6, 6.07) is 0.148. The molecule has 1 aromatic rings. The van der Waals surface area contributed by atoms with Crippen molar-refractivity contribution in [3.05, 3.63) is 11.6 Å². The fourth-order valence-corrected chi connectivity index (χ4v) is 2.91. The summed E-state index contributed by atoms with van der Waals surface area (Å²) in [5, 5.41) is 20.1. The number of nitrogens with one attached hydrogen (secondary N) is 2. The van der Waals surface area contributed by atoms with Crippen molar-refractivity contribution in [2.45, 2.75) is 56.6 Å². The summed E-state index contributed by atoms with van der Waals surface area (Å²) in [7, 11) is 0. The van der Waals surface area contributed by atoms with Crippen molar-refractivity contribution in [3.8, 4) is 0 Å². The van der Waals surface area contributed by atoms with Crippen LogP contribution in [0.15, 0.2) is 0 Å². The van der Waals surface area contributed by atoms with E-state index in [0.717, 1.165) is 18.1 Å². The van der Waals surface area contributed by atoms with E-state index in [4.69, 9.17) is 0 Å². The van der Waals surface area contributed by atoms with E-state index in [1.54, 1.807) is 0 Å². The lowest BCUT2D eigenvalue weighted by molar-refractivity contribution is 0.193. The van der Waals surface area contributed by atoms with Gasteiger partial charge in [0, 0.05) is 12.5 Å². The van der Waals surface area contributed by atoms with Crippen molar-refractivity contribution in [2.24, 2.45) is 0 Å². The molecule has 0 unspecified atom stereocenters. The van der Waals surface area contributed by atoms with Gasteiger partial charge in [-0.25, -0.2) is 4.98 Å². The number of aliphatic hydroxyl groups is 1. The number of nitrogens with zero attached hydrogens (tertiary/aromatic N) is 2. The third-order valence-corrected chi connectivity index (χ3v) is 3.93. The van der Waals surface area contributed by atoms with Crippen molar-refractivity contribution < 1.29 is 5.11 Å². The largest absolute Gasteiger partial charge is 0.392 e. The molecule has 0 radical (unpaired) electrons. The number of β-amino-alcohol motifs (C(OH)–C–C–N with tert-alkyl or cyclic N) is 1. The Morgan fingerprint density at radius 1 is 1.18 bits per heavy atom. The van der Waals surface area contributed by atoms with Crippen LogP contribution in [0, 0.1) is 0 Å². The monoisotopic (exact) mass is 236 g/mol. The van der Waals surface area contributed by atoms with Gasteiger partial charge in [0.2, 0.25) is 0 Å². The molecule has 0 aromatic carbocycles. The van der Waals surface area contributed by atoms with Crippen LogP contribution in [0.2, 0.25) is 0 Å². The van der Waals surface area contributed by atoms with Crippen LogP contribution in [-0.4, -0.2) is 32.9 Å². The highest BCUT2D eigenvalue weighted by Gasteiger charge is 2.27. The summed E-state index contributed by atoms with van der Waals surface area (Å²) in [4.78, 5) is 4.61. The average molecular weight is 236 g/mol. The molecule has 1 saturated heterocycles. The number of hydrogen-bond acceptors (Lipinski definition) is 4. The standard InChI is InChI=1S/C12H20N4O/c17-9-6-10(13-7-9)12-14-11(15-16-12)8-4-2-1-3-5-8/h8-10,13,17H,1-7H2,(H,14,15,16)/t9-,10+/m1/s1. The Morgan fingerprint density at radius 3 is 2.71 bits per heavy atom. The summed E-state index contributed by atoms with van der Waals surface area (Å²) in [5.74, 6) is 2.41. The number of hydrogen-bond donors (Lipinski definition) is 3. The molecule has 5 heteroatoms. The van der Waals surface area contributed by atoms with E-state index in [1.165, 1.54) is 32.1 Å². The van der Waals surface area contributed by atoms with E-state index < -0.39 is 0 Å². The fraction of sp³-hybridized carbons (Fsp3) is 0.833. The van der Waals surface area contributed by atoms with Gasteiger partial charge in [0.25, 0.3) is 0 Å². The molecule has 3 rings (SSSR count). The molecule has 1 aliphatic heterocycles. The molecular weight excluding hydrogens is 216 g/mol. The number of aromatic nitrogens is 3. The van der Waals surface area contributed by atoms with E-state index in [0.29, 0.717) is 12.5 Å². The Bertz CT molecular complexity index is 353. The third-order valence-electron chi connectivity index (χ3n) is 3.93. The van der Waals surface area contributed by atoms with Crippen LogP contribution in [-0.2, 0) is 0 Å². The molecule has 2 aliphatic rings. The predicted octanol–water partition coefficient (Wildman–Crippen LogP) is 1.25. The zero-order chi connectivity index (χ0) is 11.7. The van der Waals surface area contributed by atoms with E-state index >= 15 is 0 Å². The van der Waals surface area contributed by atoms with Crippen LogP contribution in [0.4, 0.5) is 0 Å². The van der Waals surface area contributed by atoms with Gasteiger partial charge in [0.05, 0.1) is 12.1 Å². The van der Waals surface area contributed by atoms with Gasteiger partial charge in [-0.2, -0.15) is 5.10 Å². The van der Waals surface area contributed by atoms with Crippen molar-refractivity contribution in [3.63, 3.8) is 0 Å². The Hall–Kier alpha value is -0.940. The van der Waals surface area contributed by atoms with Crippen LogP contribution in [0.1, 0.15) is 62.1 Å². The minimum atomic E-state index is -0.247. The molecule has 0 amide bonds. The maximum Gasteiger partial charge on any atom is 0.153 e. The normalized spacial score (nSPS) is 30.9. The molecule has 5 nitrogen and oxygen atoms in total. The van der Waals surface area contributed by atoms with Crippen LogP contribution < -0.4 is 5.32 Å². The minimum absolute atomic E-state index is 0.148. The van der Waals surface area contributed by atoms with Gasteiger partial charge in [-0.05, 0) is 19.3 Å². The molecule has 1 aliphatic carbocycles. The van der Waals surface area contributed by atoms with Crippen molar-refractivity contribution in [1.82, 2.24) is 20.5 Å². The Labute approximate surface area is 101 Å². The van der Waals surface area contributed by atoms with E-state index in [1.807, 2.05) is 0 Å². The Morgan fingerprint density at radius 2 is 2.00 bits per heavy atom. The molecule has 0 bridgehead atoms. The molecule has 0 spiro atoms. The third kappa shape index (κ3) is 2.35. The van der Waals surface area contributed by atoms with Crippen LogP contribution in [0.3, 0.4) is 0 Å². The molecule has 94 valence electrons. The summed E-state index contributed by atoms with van der Waals surface area (Å²) < 4.78 is 0. The fourth-order valence-electron chi connectivity index (χ4n) is 2.91. The average Bonchev–Trinajstić information content (AvgIpc) is 2.98. The molecule has 1 saturated carbocycles. The van der Waals surface area contributed by atoms with Gasteiger partial charge < -0.3 is 10.4 Å². The molecular formula is C12H20N4O. The number of rotatable bonds is 2. The summed E-state index contributed by atoms with van der Waals surface area (Å²) >= 11 is 0. The molecule has 17 heavy (non-hydrogen) atoms. The zero-order valence-corrected chi connectivity index (χ0v) is 10.0. The summed E-state index contributed by atoms with van der Waals surface area (Å²) in [6.07, 6.45) is 6.88. The lowest BCUT2D eigenvalue weighted by Gasteiger charge is -2.18. The maximum atomic E-state index is 9.49. The second-order valence-corrected chi connectivity index (χ2v) is 5.26. The minimum Gasteiger partial charge on any atom is -0.392 e. The van der Waals surface area contributed by atoms with Crippen molar-refractivity contribution in [1.29, 1.82) is 0 Å². The topological polar surface area (TPSA) is 73.8 Å². The number of H-pyrrole nitrogens is 1. The lowest BCUT2D eigenvalue weighted by atomic mass is 9.89. The lowest BCUT2D eigenvalue weighted by Crippen LogP contribution is -2.16. The second-order valence-electron chi connectivity index (χ2n) is 5.26. The second kappa shape index (κ2) is 4.74. The molecule has 3 N–H and O–H groups in total. The van der Waals surface area contributed by atoms with Crippen LogP contribution in [0.25, 0.3) is 0 Å². The first kappa shape index (κ1) is 11.2. The SMILES string of the molecule is O[C@H]1CN[C@H](c2nc(C3CCCCC3)n[nH]2)C1. The first-order chi connectivity index (χ1) is 8.33. The summed E-state index contributed by atoms with van der Waals surface area (Å²) in [6.45, 7) is 0.657. The van der Waals surface area contributed by atoms with Crippen molar-refractivity contribution in [2.75, 3.05) is 6.54 Å². The van der Waals surface area contributed by atoms with Gasteiger partial charge >= 0.3 is 0 Å². The first-order valence-corrected chi connectivity index (χ1v) is 6.66. The smallest absolute Gasteiger partial charge is 0.153 e. The highest BCUT2D eigenvalue weighted by molar-refractivity contribution is 5.04. The summed E-state index contributed by atoms with van der Waals surface area (Å²) in [5.41, 5.74) is 0. The van der Waals surface area contributed by atoms with Gasteiger partial charge in [-0.15, -0.1) is 0 Å². The van der Waals surface area contributed by atoms with Gasteiger partial charge in [0.15, 0.2) is 5.82 Å². The molecule has 2 heterocycles. The Balaban J connectivity index is 1.69. The van der Waals surface area contributed by atoms with Gasteiger partial charge in [0.1, 0.15) is 5.82 Å². The number of aromatic amines is 1. The van der Waals surface area contributed by atoms with Crippen LogP contribution in [0.5, 0.6) is 0 Å². The Kier molecular flexibility index (Phi) is 3.11. The first-order valence-electron chi connectivity index (χ1n) is 6.66. The van der Waals surface area contributed by atoms with Crippen molar-refractivity contribution >= 4 is 0 Å². The van der Waals surface area contributed by atoms with Gasteiger partial charge in [-0.3, -0.25) is 5.10 Å². The highest BCUT2D eigenvalue weighted by atomic mass is 16.3. The van der Waals surface area contributed by atoms with Crippen LogP contribution >= 0.6 is 0 Å². The number of aliphatic hydroxyl groups excluding tert-OH is 1. The molecule has 2 fully saturated rings. The van der Waals surface area contributed by atoms with E-state index in [9.17, 15) is 5.11 Å². The zero-order valence-electron chi connectivity index (χ0n) is 10.0. The maximum absolute atomic E-state index is 9.49. The van der Waals surface area contributed by atoms with Gasteiger partial charge in [-0.1, -0.05) is 19.3 Å². The van der Waals surface area contributed by atoms with E-state index in [2.05, 4.69) is 20.5 Å². The molecule has 1 aromatic heterocycles.